The van der Waals surface area contributed by atoms with Crippen LogP contribution in [0.15, 0.2) is 17.0 Å². The number of anilines is 1. The topological polar surface area (TPSA) is 75.7 Å². The number of hydrogen-bond donors (Lipinski definition) is 1. The van der Waals surface area contributed by atoms with Crippen LogP contribution in [-0.2, 0) is 14.8 Å². The first-order chi connectivity index (χ1) is 11.1. The number of fused-ring (bicyclic) bond motifs is 1. The number of hydrogen-bond acceptors (Lipinski definition) is 4. The molecule has 1 heterocycles. The maximum atomic E-state index is 13.2. The molecule has 24 heavy (non-hydrogen) atoms. The zero-order valence-electron chi connectivity index (χ0n) is 14.9. The summed E-state index contributed by atoms with van der Waals surface area (Å²) in [7, 11) is -3.63. The molecule has 0 fully saturated rings. The van der Waals surface area contributed by atoms with Crippen LogP contribution in [0.4, 0.5) is 5.69 Å². The second-order valence-corrected chi connectivity index (χ2v) is 8.97. The predicted octanol–water partition coefficient (Wildman–Crippen LogP) is 2.63. The van der Waals surface area contributed by atoms with E-state index in [1.807, 2.05) is 27.7 Å². The summed E-state index contributed by atoms with van der Waals surface area (Å²) in [6.07, 6.45) is 0. The van der Waals surface area contributed by atoms with Crippen molar-refractivity contribution in [3.8, 4) is 5.75 Å². The van der Waals surface area contributed by atoms with Gasteiger partial charge in [-0.05, 0) is 30.4 Å². The van der Waals surface area contributed by atoms with Crippen LogP contribution in [0.3, 0.4) is 0 Å². The number of ether oxygens (including phenoxy) is 1. The number of carbonyl (C=O) groups excluding carboxylic acids is 1. The van der Waals surface area contributed by atoms with Gasteiger partial charge in [0.15, 0.2) is 6.61 Å². The van der Waals surface area contributed by atoms with Crippen LogP contribution in [0.2, 0.25) is 0 Å². The summed E-state index contributed by atoms with van der Waals surface area (Å²) in [5, 5.41) is 2.70. The SMILES string of the molecule is Cc1cc2c(cc1S(=O)(=O)N(CC(C)C)CC(C)C)OCC(=O)N2. The fourth-order valence-electron chi connectivity index (χ4n) is 2.72. The van der Waals surface area contributed by atoms with Gasteiger partial charge in [-0.25, -0.2) is 8.42 Å². The van der Waals surface area contributed by atoms with Crippen LogP contribution in [-0.4, -0.2) is 38.3 Å². The van der Waals surface area contributed by atoms with Gasteiger partial charge >= 0.3 is 0 Å². The first-order valence-corrected chi connectivity index (χ1v) is 9.62. The fourth-order valence-corrected chi connectivity index (χ4v) is 4.71. The Labute approximate surface area is 144 Å². The molecule has 0 atom stereocenters. The van der Waals surface area contributed by atoms with Gasteiger partial charge in [-0.1, -0.05) is 27.7 Å². The van der Waals surface area contributed by atoms with E-state index in [1.54, 1.807) is 17.3 Å². The zero-order chi connectivity index (χ0) is 18.1. The Morgan fingerprint density at radius 2 is 1.75 bits per heavy atom. The first kappa shape index (κ1) is 18.7. The predicted molar refractivity (Wildman–Crippen MR) is 93.7 cm³/mol. The van der Waals surface area contributed by atoms with Crippen LogP contribution < -0.4 is 10.1 Å². The molecule has 2 rings (SSSR count). The van der Waals surface area contributed by atoms with E-state index < -0.39 is 10.0 Å². The summed E-state index contributed by atoms with van der Waals surface area (Å²) in [6, 6.07) is 3.18. The molecule has 1 aliphatic rings. The van der Waals surface area contributed by atoms with Gasteiger partial charge in [-0.2, -0.15) is 4.31 Å². The van der Waals surface area contributed by atoms with E-state index in [1.165, 1.54) is 6.07 Å². The Balaban J connectivity index is 2.45. The second-order valence-electron chi connectivity index (χ2n) is 7.06. The molecule has 1 N–H and O–H groups in total. The van der Waals surface area contributed by atoms with E-state index in [2.05, 4.69) is 5.32 Å². The minimum atomic E-state index is -3.63. The Morgan fingerprint density at radius 3 is 2.29 bits per heavy atom. The summed E-state index contributed by atoms with van der Waals surface area (Å²) in [4.78, 5) is 11.6. The minimum absolute atomic E-state index is 0.0999. The van der Waals surface area contributed by atoms with Gasteiger partial charge in [0, 0.05) is 19.2 Å². The molecular weight excluding hydrogens is 328 g/mol. The van der Waals surface area contributed by atoms with Crippen LogP contribution >= 0.6 is 0 Å². The Bertz CT molecular complexity index is 716. The largest absolute Gasteiger partial charge is 0.482 e. The summed E-state index contributed by atoms with van der Waals surface area (Å²) < 4.78 is 33.2. The van der Waals surface area contributed by atoms with Crippen LogP contribution in [0.5, 0.6) is 5.75 Å². The number of aryl methyl sites for hydroxylation is 1. The van der Waals surface area contributed by atoms with Gasteiger partial charge in [0.2, 0.25) is 10.0 Å². The van der Waals surface area contributed by atoms with Gasteiger partial charge in [-0.15, -0.1) is 0 Å². The number of nitrogens with zero attached hydrogens (tertiary/aromatic N) is 1. The number of benzene rings is 1. The molecule has 0 spiro atoms. The van der Waals surface area contributed by atoms with E-state index in [-0.39, 0.29) is 29.2 Å². The molecule has 7 heteroatoms. The molecule has 0 unspecified atom stereocenters. The molecule has 0 radical (unpaired) electrons. The molecule has 0 saturated carbocycles. The Hall–Kier alpha value is -1.60. The molecule has 134 valence electrons. The van der Waals surface area contributed by atoms with Gasteiger partial charge in [0.05, 0.1) is 10.6 Å². The molecule has 1 aromatic rings. The molecule has 0 aromatic heterocycles. The van der Waals surface area contributed by atoms with Gasteiger partial charge in [0.25, 0.3) is 5.91 Å². The van der Waals surface area contributed by atoms with Crippen LogP contribution in [0.1, 0.15) is 33.3 Å². The number of rotatable bonds is 6. The molecular formula is C17H26N2O4S. The van der Waals surface area contributed by atoms with E-state index in [0.29, 0.717) is 30.1 Å². The molecule has 1 amide bonds. The molecule has 0 bridgehead atoms. The highest BCUT2D eigenvalue weighted by Gasteiger charge is 2.29. The van der Waals surface area contributed by atoms with Crippen LogP contribution in [0.25, 0.3) is 0 Å². The van der Waals surface area contributed by atoms with Gasteiger partial charge in [-0.3, -0.25) is 4.79 Å². The molecule has 0 aliphatic carbocycles. The quantitative estimate of drug-likeness (QED) is 0.852. The lowest BCUT2D eigenvalue weighted by molar-refractivity contribution is -0.118. The van der Waals surface area contributed by atoms with Crippen LogP contribution in [0, 0.1) is 18.8 Å². The smallest absolute Gasteiger partial charge is 0.262 e. The fraction of sp³-hybridized carbons (Fsp3) is 0.588. The van der Waals surface area contributed by atoms with Gasteiger partial charge in [0.1, 0.15) is 5.75 Å². The van der Waals surface area contributed by atoms with E-state index in [0.717, 1.165) is 0 Å². The van der Waals surface area contributed by atoms with E-state index in [9.17, 15) is 13.2 Å². The van der Waals surface area contributed by atoms with Gasteiger partial charge < -0.3 is 10.1 Å². The van der Waals surface area contributed by atoms with E-state index in [4.69, 9.17) is 4.74 Å². The highest BCUT2D eigenvalue weighted by Crippen LogP contribution is 2.34. The average molecular weight is 354 g/mol. The normalized spacial score (nSPS) is 14.8. The summed E-state index contributed by atoms with van der Waals surface area (Å²) in [6.45, 7) is 10.6. The lowest BCUT2D eigenvalue weighted by Crippen LogP contribution is -2.37. The lowest BCUT2D eigenvalue weighted by Gasteiger charge is -2.27. The molecule has 1 aliphatic heterocycles. The van der Waals surface area contributed by atoms with Crippen molar-refractivity contribution in [2.75, 3.05) is 25.0 Å². The Morgan fingerprint density at radius 1 is 1.17 bits per heavy atom. The van der Waals surface area contributed by atoms with Crippen molar-refractivity contribution < 1.29 is 17.9 Å². The Kier molecular flexibility index (Phi) is 5.55. The highest BCUT2D eigenvalue weighted by molar-refractivity contribution is 7.89. The number of sulfonamides is 1. The van der Waals surface area contributed by atoms with Crippen molar-refractivity contribution in [3.05, 3.63) is 17.7 Å². The third-order valence-corrected chi connectivity index (χ3v) is 5.64. The lowest BCUT2D eigenvalue weighted by atomic mass is 10.2. The monoisotopic (exact) mass is 354 g/mol. The molecule has 1 aromatic carbocycles. The number of carbonyl (C=O) groups is 1. The standard InChI is InChI=1S/C17H26N2O4S/c1-11(2)8-19(9-12(3)4)24(21,22)16-7-15-14(6-13(16)5)18-17(20)10-23-15/h6-7,11-12H,8-10H2,1-5H3,(H,18,20). The summed E-state index contributed by atoms with van der Waals surface area (Å²) in [5.74, 6) is 0.616. The van der Waals surface area contributed by atoms with E-state index >= 15 is 0 Å². The highest BCUT2D eigenvalue weighted by atomic mass is 32.2. The third-order valence-electron chi connectivity index (χ3n) is 3.67. The third kappa shape index (κ3) is 4.08. The summed E-state index contributed by atoms with van der Waals surface area (Å²) >= 11 is 0. The van der Waals surface area contributed by atoms with Crippen molar-refractivity contribution in [2.24, 2.45) is 11.8 Å². The average Bonchev–Trinajstić information content (AvgIpc) is 2.44. The number of nitrogens with one attached hydrogen (secondary N) is 1. The maximum Gasteiger partial charge on any atom is 0.262 e. The van der Waals surface area contributed by atoms with Crippen molar-refractivity contribution >= 4 is 21.6 Å². The van der Waals surface area contributed by atoms with Crippen molar-refractivity contribution in [1.29, 1.82) is 0 Å². The van der Waals surface area contributed by atoms with Crippen molar-refractivity contribution in [2.45, 2.75) is 39.5 Å². The first-order valence-electron chi connectivity index (χ1n) is 8.18. The molecule has 0 saturated heterocycles. The van der Waals surface area contributed by atoms with Crippen molar-refractivity contribution in [1.82, 2.24) is 4.31 Å². The van der Waals surface area contributed by atoms with Crippen molar-refractivity contribution in [3.63, 3.8) is 0 Å². The molecule has 6 nitrogen and oxygen atoms in total. The number of amides is 1. The second kappa shape index (κ2) is 7.11. The zero-order valence-corrected chi connectivity index (χ0v) is 15.7. The maximum absolute atomic E-state index is 13.2. The minimum Gasteiger partial charge on any atom is -0.482 e. The summed E-state index contributed by atoms with van der Waals surface area (Å²) in [5.41, 5.74) is 1.11.